The second-order valence-corrected chi connectivity index (χ2v) is 5.31. The van der Waals surface area contributed by atoms with Crippen LogP contribution in [0, 0.1) is 5.92 Å². The van der Waals surface area contributed by atoms with E-state index in [-0.39, 0.29) is 0 Å². The van der Waals surface area contributed by atoms with Gasteiger partial charge in [-0.2, -0.15) is 0 Å². The van der Waals surface area contributed by atoms with Gasteiger partial charge in [0.1, 0.15) is 0 Å². The lowest BCUT2D eigenvalue weighted by Crippen LogP contribution is -2.44. The van der Waals surface area contributed by atoms with Crippen molar-refractivity contribution in [1.82, 2.24) is 4.90 Å². The number of rotatable bonds is 6. The number of nitrogens with two attached hydrogens (primary N) is 1. The molecular weight excluding hydrogens is 200 g/mol. The van der Waals surface area contributed by atoms with Crippen LogP contribution in [-0.4, -0.2) is 43.8 Å². The summed E-state index contributed by atoms with van der Waals surface area (Å²) in [5.74, 6) is 0.713. The summed E-state index contributed by atoms with van der Waals surface area (Å²) in [5.41, 5.74) is 5.74. The molecule has 3 nitrogen and oxygen atoms in total. The first-order valence-electron chi connectivity index (χ1n) is 6.64. The lowest BCUT2D eigenvalue weighted by Gasteiger charge is -2.36. The van der Waals surface area contributed by atoms with E-state index >= 15 is 0 Å². The summed E-state index contributed by atoms with van der Waals surface area (Å²) in [4.78, 5) is 2.54. The number of hydrogen-bond donors (Lipinski definition) is 1. The first-order valence-corrected chi connectivity index (χ1v) is 6.64. The van der Waals surface area contributed by atoms with Gasteiger partial charge < -0.3 is 15.4 Å². The van der Waals surface area contributed by atoms with E-state index in [1.165, 1.54) is 32.4 Å². The summed E-state index contributed by atoms with van der Waals surface area (Å²) in [7, 11) is 1.83. The Morgan fingerprint density at radius 2 is 2.19 bits per heavy atom. The molecule has 0 aromatic heterocycles. The molecule has 1 heterocycles. The van der Waals surface area contributed by atoms with Gasteiger partial charge in [0.15, 0.2) is 0 Å². The smallest absolute Gasteiger partial charge is 0.0724 e. The number of unbranched alkanes of at least 4 members (excludes halogenated alkanes) is 1. The number of ether oxygens (including phenoxy) is 1. The molecule has 0 aliphatic carbocycles. The number of piperidine rings is 1. The number of nitrogens with zero attached hydrogens (tertiary/aromatic N) is 1. The lowest BCUT2D eigenvalue weighted by molar-refractivity contribution is -0.00527. The Morgan fingerprint density at radius 1 is 1.44 bits per heavy atom. The van der Waals surface area contributed by atoms with E-state index in [1.54, 1.807) is 0 Å². The topological polar surface area (TPSA) is 38.5 Å². The molecule has 0 aromatic carbocycles. The summed E-state index contributed by atoms with van der Waals surface area (Å²) in [6.45, 7) is 7.93. The van der Waals surface area contributed by atoms with Gasteiger partial charge in [0, 0.05) is 19.7 Å². The molecule has 16 heavy (non-hydrogen) atoms. The molecule has 1 aliphatic rings. The van der Waals surface area contributed by atoms with Gasteiger partial charge in [-0.1, -0.05) is 13.3 Å². The van der Waals surface area contributed by atoms with E-state index in [1.807, 2.05) is 7.11 Å². The van der Waals surface area contributed by atoms with Crippen LogP contribution in [0.3, 0.4) is 0 Å². The van der Waals surface area contributed by atoms with E-state index in [0.717, 1.165) is 13.0 Å². The molecule has 3 atom stereocenters. The number of likely N-dealkylation sites (tertiary alicyclic amines) is 1. The van der Waals surface area contributed by atoms with Gasteiger partial charge in [0.25, 0.3) is 0 Å². The van der Waals surface area contributed by atoms with Crippen molar-refractivity contribution < 1.29 is 4.74 Å². The fourth-order valence-corrected chi connectivity index (χ4v) is 2.41. The highest BCUT2D eigenvalue weighted by molar-refractivity contribution is 4.78. The maximum atomic E-state index is 5.74. The van der Waals surface area contributed by atoms with E-state index in [2.05, 4.69) is 18.7 Å². The molecule has 0 radical (unpaired) electrons. The minimum Gasteiger partial charge on any atom is -0.380 e. The van der Waals surface area contributed by atoms with Crippen LogP contribution in [0.15, 0.2) is 0 Å². The van der Waals surface area contributed by atoms with Crippen LogP contribution in [0.5, 0.6) is 0 Å². The van der Waals surface area contributed by atoms with Crippen LogP contribution in [0.1, 0.15) is 39.5 Å². The van der Waals surface area contributed by atoms with Gasteiger partial charge in [0.2, 0.25) is 0 Å². The molecule has 2 N–H and O–H groups in total. The van der Waals surface area contributed by atoms with Crippen LogP contribution in [0.4, 0.5) is 0 Å². The summed E-state index contributed by atoms with van der Waals surface area (Å²) in [6.07, 6.45) is 5.37. The van der Waals surface area contributed by atoms with Crippen molar-refractivity contribution in [1.29, 1.82) is 0 Å². The number of methoxy groups -OCH3 is 1. The highest BCUT2D eigenvalue weighted by Gasteiger charge is 2.25. The zero-order valence-electron chi connectivity index (χ0n) is 11.1. The molecule has 3 unspecified atom stereocenters. The minimum absolute atomic E-state index is 0.355. The molecule has 3 heteroatoms. The Hall–Kier alpha value is -0.120. The van der Waals surface area contributed by atoms with Crippen LogP contribution in [-0.2, 0) is 4.74 Å². The minimum atomic E-state index is 0.355. The van der Waals surface area contributed by atoms with E-state index in [0.29, 0.717) is 18.1 Å². The SMILES string of the molecule is COC1CN(CCCCC(C)N)CCC1C. The van der Waals surface area contributed by atoms with Gasteiger partial charge in [-0.05, 0) is 45.2 Å². The quantitative estimate of drug-likeness (QED) is 0.705. The third kappa shape index (κ3) is 4.81. The molecule has 0 aromatic rings. The normalized spacial score (nSPS) is 29.2. The second kappa shape index (κ2) is 7.25. The molecule has 0 bridgehead atoms. The van der Waals surface area contributed by atoms with Crippen LogP contribution in [0.25, 0.3) is 0 Å². The predicted octanol–water partition coefficient (Wildman–Crippen LogP) is 1.86. The van der Waals surface area contributed by atoms with Crippen molar-refractivity contribution >= 4 is 0 Å². The van der Waals surface area contributed by atoms with E-state index < -0.39 is 0 Å². The molecule has 1 rings (SSSR count). The Morgan fingerprint density at radius 3 is 2.81 bits per heavy atom. The second-order valence-electron chi connectivity index (χ2n) is 5.31. The monoisotopic (exact) mass is 228 g/mol. The Balaban J connectivity index is 2.13. The molecule has 1 fully saturated rings. The van der Waals surface area contributed by atoms with Crippen molar-refractivity contribution in [3.63, 3.8) is 0 Å². The molecule has 0 amide bonds. The van der Waals surface area contributed by atoms with Crippen LogP contribution >= 0.6 is 0 Å². The zero-order chi connectivity index (χ0) is 12.0. The van der Waals surface area contributed by atoms with Crippen molar-refractivity contribution in [2.45, 2.75) is 51.7 Å². The third-order valence-electron chi connectivity index (χ3n) is 3.66. The summed E-state index contributed by atoms with van der Waals surface area (Å²) in [5, 5.41) is 0. The molecular formula is C13H28N2O. The standard InChI is InChI=1S/C13H28N2O/c1-11-7-9-15(10-13(11)16-3)8-5-4-6-12(2)14/h11-13H,4-10,14H2,1-3H3. The summed E-state index contributed by atoms with van der Waals surface area (Å²) < 4.78 is 5.52. The average Bonchev–Trinajstić information content (AvgIpc) is 2.26. The summed E-state index contributed by atoms with van der Waals surface area (Å²) >= 11 is 0. The van der Waals surface area contributed by atoms with Crippen LogP contribution in [0.2, 0.25) is 0 Å². The zero-order valence-corrected chi connectivity index (χ0v) is 11.1. The lowest BCUT2D eigenvalue weighted by atomic mass is 9.95. The third-order valence-corrected chi connectivity index (χ3v) is 3.66. The van der Waals surface area contributed by atoms with Gasteiger partial charge in [0.05, 0.1) is 6.10 Å². The first-order chi connectivity index (χ1) is 7.63. The van der Waals surface area contributed by atoms with Gasteiger partial charge in [-0.15, -0.1) is 0 Å². The number of hydrogen-bond acceptors (Lipinski definition) is 3. The molecule has 1 saturated heterocycles. The van der Waals surface area contributed by atoms with E-state index in [4.69, 9.17) is 10.5 Å². The van der Waals surface area contributed by atoms with Gasteiger partial charge >= 0.3 is 0 Å². The largest absolute Gasteiger partial charge is 0.380 e. The van der Waals surface area contributed by atoms with Crippen molar-refractivity contribution in [2.24, 2.45) is 11.7 Å². The average molecular weight is 228 g/mol. The molecule has 0 spiro atoms. The summed E-state index contributed by atoms with van der Waals surface area (Å²) in [6, 6.07) is 0.355. The van der Waals surface area contributed by atoms with Gasteiger partial charge in [-0.25, -0.2) is 0 Å². The van der Waals surface area contributed by atoms with Crippen LogP contribution < -0.4 is 5.73 Å². The first kappa shape index (κ1) is 13.9. The van der Waals surface area contributed by atoms with Crippen molar-refractivity contribution in [3.8, 4) is 0 Å². The van der Waals surface area contributed by atoms with E-state index in [9.17, 15) is 0 Å². The Bertz CT molecular complexity index is 185. The predicted molar refractivity (Wildman–Crippen MR) is 68.5 cm³/mol. The fourth-order valence-electron chi connectivity index (χ4n) is 2.41. The molecule has 1 aliphatic heterocycles. The Kier molecular flexibility index (Phi) is 6.32. The Labute approximate surface area is 100 Å². The maximum absolute atomic E-state index is 5.74. The fraction of sp³-hybridized carbons (Fsp3) is 1.00. The molecule has 96 valence electrons. The highest BCUT2D eigenvalue weighted by atomic mass is 16.5. The maximum Gasteiger partial charge on any atom is 0.0724 e. The van der Waals surface area contributed by atoms with Crippen molar-refractivity contribution in [3.05, 3.63) is 0 Å². The molecule has 0 saturated carbocycles. The highest BCUT2D eigenvalue weighted by Crippen LogP contribution is 2.19. The van der Waals surface area contributed by atoms with Crippen molar-refractivity contribution in [2.75, 3.05) is 26.7 Å². The van der Waals surface area contributed by atoms with Gasteiger partial charge in [-0.3, -0.25) is 0 Å².